The number of carbonyl (C=O) groups is 2. The van der Waals surface area contributed by atoms with Crippen LogP contribution in [0.25, 0.3) is 5.52 Å². The molecule has 152 valence electrons. The van der Waals surface area contributed by atoms with E-state index in [4.69, 9.17) is 4.74 Å². The Balaban J connectivity index is 1.39. The molecule has 7 heteroatoms. The lowest BCUT2D eigenvalue weighted by atomic mass is 9.99. The fraction of sp³-hybridized carbons (Fsp3) is 0.409. The summed E-state index contributed by atoms with van der Waals surface area (Å²) in [6.07, 6.45) is 9.01. The molecular formula is C22H26N4O3. The summed E-state index contributed by atoms with van der Waals surface area (Å²) in [5.41, 5.74) is 2.98. The number of aryl methyl sites for hydroxylation is 2. The van der Waals surface area contributed by atoms with E-state index in [0.29, 0.717) is 24.3 Å². The third kappa shape index (κ3) is 3.77. The predicted octanol–water partition coefficient (Wildman–Crippen LogP) is 3.22. The summed E-state index contributed by atoms with van der Waals surface area (Å²) in [4.78, 5) is 31.6. The first kappa shape index (κ1) is 19.2. The van der Waals surface area contributed by atoms with Crippen LogP contribution in [0.15, 0.2) is 43.0 Å². The van der Waals surface area contributed by atoms with Gasteiger partial charge < -0.3 is 18.6 Å². The minimum atomic E-state index is -0.339. The summed E-state index contributed by atoms with van der Waals surface area (Å²) < 4.78 is 9.29. The summed E-state index contributed by atoms with van der Waals surface area (Å²) in [7, 11) is 1.88. The number of fused-ring (bicyclic) bond motifs is 1. The van der Waals surface area contributed by atoms with Crippen molar-refractivity contribution in [1.82, 2.24) is 18.9 Å². The molecule has 0 aromatic carbocycles. The zero-order valence-electron chi connectivity index (χ0n) is 16.9. The molecule has 0 radical (unpaired) electrons. The number of carbonyl (C=O) groups excluding carboxylic acids is 2. The smallest absolute Gasteiger partial charge is 0.339 e. The first-order valence-electron chi connectivity index (χ1n) is 10.1. The third-order valence-corrected chi connectivity index (χ3v) is 5.79. The highest BCUT2D eigenvalue weighted by Crippen LogP contribution is 2.22. The van der Waals surface area contributed by atoms with E-state index in [0.717, 1.165) is 37.0 Å². The first-order valence-corrected chi connectivity index (χ1v) is 10.1. The number of amides is 1. The number of hydrogen-bond donors (Lipinski definition) is 0. The number of piperidine rings is 1. The maximum atomic E-state index is 12.9. The molecule has 0 bridgehead atoms. The standard InChI is InChI=1S/C22H26N4O3/c1-16-19(9-8-18-14-23-15-26(16)18)22(28)29-13-10-17-6-3-4-12-25(17)21(27)20-7-5-11-24(20)2/h5,7-9,11,14-15,17H,3-4,6,10,12-13H2,1-2H3/t17-/m1/s1. The minimum absolute atomic E-state index is 0.0509. The number of nitrogens with zero attached hydrogens (tertiary/aromatic N) is 4. The van der Waals surface area contributed by atoms with Gasteiger partial charge in [-0.25, -0.2) is 9.78 Å². The number of imidazole rings is 1. The first-order chi connectivity index (χ1) is 14.1. The Labute approximate surface area is 169 Å². The van der Waals surface area contributed by atoms with Crippen LogP contribution in [0.5, 0.6) is 0 Å². The van der Waals surface area contributed by atoms with Gasteiger partial charge in [0, 0.05) is 37.9 Å². The molecule has 1 saturated heterocycles. The number of esters is 1. The van der Waals surface area contributed by atoms with Crippen LogP contribution < -0.4 is 0 Å². The second-order valence-electron chi connectivity index (χ2n) is 7.60. The van der Waals surface area contributed by atoms with Crippen LogP contribution >= 0.6 is 0 Å². The zero-order valence-corrected chi connectivity index (χ0v) is 16.9. The van der Waals surface area contributed by atoms with Gasteiger partial charge in [0.2, 0.25) is 0 Å². The van der Waals surface area contributed by atoms with Crippen molar-refractivity contribution in [3.8, 4) is 0 Å². The molecule has 0 spiro atoms. The number of ether oxygens (including phenoxy) is 1. The van der Waals surface area contributed by atoms with Gasteiger partial charge in [0.1, 0.15) is 5.69 Å². The second kappa shape index (κ2) is 8.11. The minimum Gasteiger partial charge on any atom is -0.462 e. The maximum Gasteiger partial charge on any atom is 0.339 e. The average Bonchev–Trinajstić information content (AvgIpc) is 3.37. The number of aromatic nitrogens is 3. The molecule has 1 fully saturated rings. The van der Waals surface area contributed by atoms with Gasteiger partial charge in [-0.2, -0.15) is 0 Å². The van der Waals surface area contributed by atoms with E-state index in [-0.39, 0.29) is 17.9 Å². The quantitative estimate of drug-likeness (QED) is 0.623. The van der Waals surface area contributed by atoms with Crippen LogP contribution in [0.3, 0.4) is 0 Å². The van der Waals surface area contributed by atoms with Crippen molar-refractivity contribution in [3.63, 3.8) is 0 Å². The number of rotatable bonds is 5. The van der Waals surface area contributed by atoms with E-state index in [9.17, 15) is 9.59 Å². The second-order valence-corrected chi connectivity index (χ2v) is 7.60. The van der Waals surface area contributed by atoms with Gasteiger partial charge in [-0.3, -0.25) is 4.79 Å². The monoisotopic (exact) mass is 394 g/mol. The fourth-order valence-electron chi connectivity index (χ4n) is 4.11. The summed E-state index contributed by atoms with van der Waals surface area (Å²) in [6, 6.07) is 7.46. The molecule has 0 unspecified atom stereocenters. The van der Waals surface area contributed by atoms with E-state index >= 15 is 0 Å². The summed E-state index contributed by atoms with van der Waals surface area (Å²) in [5, 5.41) is 0. The summed E-state index contributed by atoms with van der Waals surface area (Å²) in [5.74, 6) is -0.288. The molecule has 1 aliphatic rings. The SMILES string of the molecule is Cc1c(C(=O)OCC[C@H]2CCCCN2C(=O)c2cccn2C)ccc2cncn12. The van der Waals surface area contributed by atoms with Crippen LogP contribution in [0.4, 0.5) is 0 Å². The lowest BCUT2D eigenvalue weighted by molar-refractivity contribution is 0.0405. The Kier molecular flexibility index (Phi) is 5.38. The predicted molar refractivity (Wildman–Crippen MR) is 109 cm³/mol. The van der Waals surface area contributed by atoms with E-state index in [1.165, 1.54) is 0 Å². The van der Waals surface area contributed by atoms with Crippen molar-refractivity contribution in [2.75, 3.05) is 13.2 Å². The van der Waals surface area contributed by atoms with Gasteiger partial charge in [0.05, 0.1) is 30.2 Å². The molecule has 0 saturated carbocycles. The topological polar surface area (TPSA) is 68.8 Å². The zero-order chi connectivity index (χ0) is 20.4. The van der Waals surface area contributed by atoms with Crippen LogP contribution in [-0.4, -0.2) is 49.9 Å². The van der Waals surface area contributed by atoms with E-state index in [1.54, 1.807) is 18.6 Å². The highest BCUT2D eigenvalue weighted by atomic mass is 16.5. The van der Waals surface area contributed by atoms with Crippen molar-refractivity contribution in [2.45, 2.75) is 38.6 Å². The Hall–Kier alpha value is -3.09. The average molecular weight is 394 g/mol. The molecule has 1 aliphatic heterocycles. The lowest BCUT2D eigenvalue weighted by Crippen LogP contribution is -2.44. The highest BCUT2D eigenvalue weighted by Gasteiger charge is 2.28. The van der Waals surface area contributed by atoms with Gasteiger partial charge >= 0.3 is 5.97 Å². The van der Waals surface area contributed by atoms with Crippen molar-refractivity contribution in [3.05, 3.63) is 59.9 Å². The largest absolute Gasteiger partial charge is 0.462 e. The summed E-state index contributed by atoms with van der Waals surface area (Å²) in [6.45, 7) is 2.92. The molecule has 7 nitrogen and oxygen atoms in total. The molecule has 4 heterocycles. The van der Waals surface area contributed by atoms with Crippen LogP contribution in [0.2, 0.25) is 0 Å². The van der Waals surface area contributed by atoms with Gasteiger partial charge in [0.25, 0.3) is 5.91 Å². The van der Waals surface area contributed by atoms with E-state index in [1.807, 2.05) is 52.2 Å². The number of likely N-dealkylation sites (tertiary alicyclic amines) is 1. The van der Waals surface area contributed by atoms with Gasteiger partial charge in [0.15, 0.2) is 0 Å². The van der Waals surface area contributed by atoms with Gasteiger partial charge in [-0.05, 0) is 50.5 Å². The van der Waals surface area contributed by atoms with Gasteiger partial charge in [-0.1, -0.05) is 0 Å². The van der Waals surface area contributed by atoms with Crippen LogP contribution in [0.1, 0.15) is 52.2 Å². The third-order valence-electron chi connectivity index (χ3n) is 5.79. The van der Waals surface area contributed by atoms with Crippen molar-refractivity contribution >= 4 is 17.4 Å². The molecule has 0 aliphatic carbocycles. The van der Waals surface area contributed by atoms with Crippen molar-refractivity contribution in [1.29, 1.82) is 0 Å². The van der Waals surface area contributed by atoms with Crippen molar-refractivity contribution in [2.24, 2.45) is 7.05 Å². The normalized spacial score (nSPS) is 16.9. The van der Waals surface area contributed by atoms with Crippen molar-refractivity contribution < 1.29 is 14.3 Å². The molecular weight excluding hydrogens is 368 g/mol. The van der Waals surface area contributed by atoms with Crippen LogP contribution in [0, 0.1) is 6.92 Å². The van der Waals surface area contributed by atoms with E-state index in [2.05, 4.69) is 4.98 Å². The molecule has 0 N–H and O–H groups in total. The fourth-order valence-corrected chi connectivity index (χ4v) is 4.11. The summed E-state index contributed by atoms with van der Waals surface area (Å²) >= 11 is 0. The van der Waals surface area contributed by atoms with Crippen LogP contribution in [-0.2, 0) is 11.8 Å². The molecule has 3 aromatic rings. The molecule has 29 heavy (non-hydrogen) atoms. The molecule has 3 aromatic heterocycles. The Bertz CT molecular complexity index is 1040. The number of pyridine rings is 1. The Morgan fingerprint density at radius 3 is 2.90 bits per heavy atom. The maximum absolute atomic E-state index is 12.9. The lowest BCUT2D eigenvalue weighted by Gasteiger charge is -2.35. The highest BCUT2D eigenvalue weighted by molar-refractivity contribution is 5.93. The van der Waals surface area contributed by atoms with E-state index < -0.39 is 0 Å². The Morgan fingerprint density at radius 2 is 2.10 bits per heavy atom. The number of hydrogen-bond acceptors (Lipinski definition) is 4. The molecule has 4 rings (SSSR count). The molecule has 1 amide bonds. The molecule has 1 atom stereocenters. The van der Waals surface area contributed by atoms with Gasteiger partial charge in [-0.15, -0.1) is 0 Å². The Morgan fingerprint density at radius 1 is 1.24 bits per heavy atom.